The lowest BCUT2D eigenvalue weighted by atomic mass is 10.2. The van der Waals surface area contributed by atoms with Crippen LogP contribution in [0.25, 0.3) is 11.0 Å². The Bertz CT molecular complexity index is 956. The van der Waals surface area contributed by atoms with Crippen molar-refractivity contribution in [1.29, 1.82) is 0 Å². The lowest BCUT2D eigenvalue weighted by Gasteiger charge is -2.21. The lowest BCUT2D eigenvalue weighted by Crippen LogP contribution is -2.35. The summed E-state index contributed by atoms with van der Waals surface area (Å²) in [5, 5.41) is 4.81. The molecule has 146 valence electrons. The van der Waals surface area contributed by atoms with Crippen LogP contribution in [-0.2, 0) is 17.9 Å². The van der Waals surface area contributed by atoms with Crippen molar-refractivity contribution in [3.8, 4) is 0 Å². The van der Waals surface area contributed by atoms with Gasteiger partial charge < -0.3 is 14.8 Å². The minimum absolute atomic E-state index is 0.118. The summed E-state index contributed by atoms with van der Waals surface area (Å²) in [6, 6.07) is 11.4. The van der Waals surface area contributed by atoms with Crippen LogP contribution >= 0.6 is 11.3 Å². The van der Waals surface area contributed by atoms with Crippen molar-refractivity contribution in [3.05, 3.63) is 52.5 Å². The first-order valence-corrected chi connectivity index (χ1v) is 10.6. The Morgan fingerprint density at radius 1 is 1.04 bits per heavy atom. The van der Waals surface area contributed by atoms with Gasteiger partial charge in [-0.1, -0.05) is 31.0 Å². The van der Waals surface area contributed by atoms with Gasteiger partial charge in [-0.2, -0.15) is 0 Å². The molecule has 2 aromatic heterocycles. The van der Waals surface area contributed by atoms with Crippen molar-refractivity contribution in [1.82, 2.24) is 19.8 Å². The molecule has 1 aromatic carbocycles. The van der Waals surface area contributed by atoms with Gasteiger partial charge in [-0.15, -0.1) is 11.3 Å². The fraction of sp³-hybridized carbons (Fsp3) is 0.381. The maximum absolute atomic E-state index is 12.9. The van der Waals surface area contributed by atoms with Crippen LogP contribution in [0.2, 0.25) is 0 Å². The van der Waals surface area contributed by atoms with E-state index >= 15 is 0 Å². The molecule has 1 N–H and O–H groups in total. The Morgan fingerprint density at radius 2 is 1.82 bits per heavy atom. The second kappa shape index (κ2) is 8.56. The van der Waals surface area contributed by atoms with Crippen LogP contribution < -0.4 is 5.32 Å². The third-order valence-electron chi connectivity index (χ3n) is 5.14. The molecule has 0 bridgehead atoms. The molecule has 1 aliphatic rings. The highest BCUT2D eigenvalue weighted by Crippen LogP contribution is 2.18. The van der Waals surface area contributed by atoms with E-state index < -0.39 is 0 Å². The molecule has 3 heterocycles. The molecule has 3 aromatic rings. The summed E-state index contributed by atoms with van der Waals surface area (Å²) < 4.78 is 1.94. The zero-order valence-corrected chi connectivity index (χ0v) is 16.6. The fourth-order valence-electron chi connectivity index (χ4n) is 3.65. The van der Waals surface area contributed by atoms with E-state index in [9.17, 15) is 9.59 Å². The number of aromatic nitrogens is 2. The van der Waals surface area contributed by atoms with E-state index in [4.69, 9.17) is 0 Å². The highest BCUT2D eigenvalue weighted by atomic mass is 32.1. The smallest absolute Gasteiger partial charge is 0.261 e. The number of likely N-dealkylation sites (tertiary alicyclic amines) is 1. The predicted molar refractivity (Wildman–Crippen MR) is 110 cm³/mol. The van der Waals surface area contributed by atoms with Crippen LogP contribution in [0.15, 0.2) is 41.8 Å². The number of hydrogen-bond donors (Lipinski definition) is 1. The molecule has 0 atom stereocenters. The van der Waals surface area contributed by atoms with E-state index in [2.05, 4.69) is 10.3 Å². The van der Waals surface area contributed by atoms with Crippen LogP contribution in [0.4, 0.5) is 0 Å². The largest absolute Gasteiger partial charge is 0.344 e. The first kappa shape index (κ1) is 18.7. The number of nitrogens with one attached hydrogen (secondary N) is 1. The average Bonchev–Trinajstić information content (AvgIpc) is 3.27. The number of fused-ring (bicyclic) bond motifs is 1. The Balaban J connectivity index is 1.54. The maximum Gasteiger partial charge on any atom is 0.261 e. The zero-order valence-electron chi connectivity index (χ0n) is 15.8. The van der Waals surface area contributed by atoms with Gasteiger partial charge in [0.05, 0.1) is 22.5 Å². The first-order chi connectivity index (χ1) is 13.7. The summed E-state index contributed by atoms with van der Waals surface area (Å²) in [6.45, 7) is 2.20. The molecule has 1 saturated heterocycles. The van der Waals surface area contributed by atoms with Crippen molar-refractivity contribution >= 4 is 34.2 Å². The molecule has 2 amide bonds. The van der Waals surface area contributed by atoms with Gasteiger partial charge in [0.15, 0.2) is 0 Å². The van der Waals surface area contributed by atoms with Crippen molar-refractivity contribution in [2.45, 2.75) is 38.8 Å². The average molecular weight is 397 g/mol. The number of para-hydroxylation sites is 2. The monoisotopic (exact) mass is 396 g/mol. The second-order valence-electron chi connectivity index (χ2n) is 7.06. The number of carbonyl (C=O) groups is 2. The number of rotatable bonds is 5. The highest BCUT2D eigenvalue weighted by molar-refractivity contribution is 7.12. The van der Waals surface area contributed by atoms with Crippen LogP contribution in [0, 0.1) is 0 Å². The lowest BCUT2D eigenvalue weighted by molar-refractivity contribution is -0.131. The number of amides is 2. The number of hydrogen-bond acceptors (Lipinski definition) is 4. The first-order valence-electron chi connectivity index (χ1n) is 9.76. The number of carbonyl (C=O) groups excluding carboxylic acids is 2. The molecule has 0 aliphatic carbocycles. The molecule has 0 unspecified atom stereocenters. The summed E-state index contributed by atoms with van der Waals surface area (Å²) >= 11 is 1.41. The Hall–Kier alpha value is -2.67. The number of benzene rings is 1. The fourth-order valence-corrected chi connectivity index (χ4v) is 4.29. The van der Waals surface area contributed by atoms with Crippen molar-refractivity contribution in [3.63, 3.8) is 0 Å². The zero-order chi connectivity index (χ0) is 19.3. The molecule has 6 nitrogen and oxygen atoms in total. The quantitative estimate of drug-likeness (QED) is 0.718. The molecule has 0 radical (unpaired) electrons. The molecular weight excluding hydrogens is 372 g/mol. The van der Waals surface area contributed by atoms with Gasteiger partial charge in [0.1, 0.15) is 12.4 Å². The Morgan fingerprint density at radius 3 is 2.57 bits per heavy atom. The third-order valence-corrected chi connectivity index (χ3v) is 6.01. The molecular formula is C21H24N4O2S. The molecule has 4 rings (SSSR count). The highest BCUT2D eigenvalue weighted by Gasteiger charge is 2.19. The summed E-state index contributed by atoms with van der Waals surface area (Å²) in [5.74, 6) is 0.706. The number of nitrogens with zero attached hydrogens (tertiary/aromatic N) is 3. The standard InChI is InChI=1S/C21H24N4O2S/c26-20(24-11-5-1-2-6-12-24)15-25-17-9-4-3-8-16(17)23-19(25)14-22-21(27)18-10-7-13-28-18/h3-4,7-10,13H,1-2,5-6,11-12,14-15H2,(H,22,27). The number of thiophene rings is 1. The van der Waals surface area contributed by atoms with Gasteiger partial charge in [0.25, 0.3) is 5.91 Å². The van der Waals surface area contributed by atoms with E-state index in [0.717, 1.165) is 37.0 Å². The van der Waals surface area contributed by atoms with Crippen LogP contribution in [-0.4, -0.2) is 39.4 Å². The molecule has 0 saturated carbocycles. The topological polar surface area (TPSA) is 67.2 Å². The van der Waals surface area contributed by atoms with Crippen molar-refractivity contribution in [2.75, 3.05) is 13.1 Å². The van der Waals surface area contributed by atoms with Gasteiger partial charge in [-0.25, -0.2) is 4.98 Å². The molecule has 7 heteroatoms. The predicted octanol–water partition coefficient (Wildman–Crippen LogP) is 3.43. The maximum atomic E-state index is 12.9. The van der Waals surface area contributed by atoms with Crippen LogP contribution in [0.5, 0.6) is 0 Å². The third kappa shape index (κ3) is 4.09. The minimum atomic E-state index is -0.118. The van der Waals surface area contributed by atoms with Gasteiger partial charge in [0, 0.05) is 13.1 Å². The van der Waals surface area contributed by atoms with Gasteiger partial charge >= 0.3 is 0 Å². The second-order valence-corrected chi connectivity index (χ2v) is 8.01. The van der Waals surface area contributed by atoms with Crippen molar-refractivity contribution in [2.24, 2.45) is 0 Å². The SMILES string of the molecule is O=C(NCc1nc2ccccc2n1CC(=O)N1CCCCCC1)c1cccs1. The van der Waals surface area contributed by atoms with E-state index in [-0.39, 0.29) is 18.4 Å². The van der Waals surface area contributed by atoms with Crippen LogP contribution in [0.3, 0.4) is 0 Å². The van der Waals surface area contributed by atoms with Gasteiger partial charge in [-0.3, -0.25) is 9.59 Å². The molecule has 1 fully saturated rings. The van der Waals surface area contributed by atoms with Crippen molar-refractivity contribution < 1.29 is 9.59 Å². The number of imidazole rings is 1. The Labute approximate surface area is 168 Å². The summed E-state index contributed by atoms with van der Waals surface area (Å²) in [4.78, 5) is 32.5. The summed E-state index contributed by atoms with van der Waals surface area (Å²) in [5.41, 5.74) is 1.76. The van der Waals surface area contributed by atoms with E-state index in [1.54, 1.807) is 6.07 Å². The van der Waals surface area contributed by atoms with Gasteiger partial charge in [0.2, 0.25) is 5.91 Å². The van der Waals surface area contributed by atoms with E-state index in [1.807, 2.05) is 45.2 Å². The molecule has 0 spiro atoms. The van der Waals surface area contributed by atoms with Crippen LogP contribution in [0.1, 0.15) is 41.2 Å². The van der Waals surface area contributed by atoms with E-state index in [1.165, 1.54) is 24.2 Å². The minimum Gasteiger partial charge on any atom is -0.344 e. The Kier molecular flexibility index (Phi) is 5.71. The normalized spacial score (nSPS) is 14.8. The molecule has 1 aliphatic heterocycles. The summed E-state index contributed by atoms with van der Waals surface area (Å²) in [7, 11) is 0. The summed E-state index contributed by atoms with van der Waals surface area (Å²) in [6.07, 6.45) is 4.52. The van der Waals surface area contributed by atoms with E-state index in [0.29, 0.717) is 17.2 Å². The van der Waals surface area contributed by atoms with Gasteiger partial charge in [-0.05, 0) is 36.4 Å². The molecule has 28 heavy (non-hydrogen) atoms.